The summed E-state index contributed by atoms with van der Waals surface area (Å²) < 4.78 is 5.31. The van der Waals surface area contributed by atoms with Crippen LogP contribution in [-0.2, 0) is 9.53 Å². The smallest absolute Gasteiger partial charge is 0.238 e. The summed E-state index contributed by atoms with van der Waals surface area (Å²) in [5, 5.41) is 1.87. The number of carbonyl (C=O) groups is 2. The molecule has 1 unspecified atom stereocenters. The monoisotopic (exact) mass is 310 g/mol. The molecule has 1 N–H and O–H groups in total. The predicted molar refractivity (Wildman–Crippen MR) is 82.1 cm³/mol. The Hall–Kier alpha value is -1.59. The number of benzene rings is 1. The lowest BCUT2D eigenvalue weighted by Gasteiger charge is -2.28. The molecule has 114 valence electrons. The van der Waals surface area contributed by atoms with Gasteiger partial charge in [-0.1, -0.05) is 0 Å². The molecule has 1 heterocycles. The Morgan fingerprint density at radius 2 is 1.90 bits per heavy atom. The molecule has 0 bridgehead atoms. The number of nitrogens with one attached hydrogen (secondary N) is 1. The largest absolute Gasteiger partial charge is 0.378 e. The zero-order valence-electron chi connectivity index (χ0n) is 12.0. The fourth-order valence-electron chi connectivity index (χ4n) is 2.09. The molecule has 6 heteroatoms. The van der Waals surface area contributed by atoms with E-state index < -0.39 is 5.38 Å². The number of Topliss-reactive ketones (excluding diaryl/α,β-unsaturated/α-hetero) is 1. The van der Waals surface area contributed by atoms with Gasteiger partial charge in [0.15, 0.2) is 5.78 Å². The number of anilines is 1. The maximum atomic E-state index is 12.0. The average molecular weight is 311 g/mol. The maximum absolute atomic E-state index is 12.0. The highest BCUT2D eigenvalue weighted by Gasteiger charge is 2.14. The van der Waals surface area contributed by atoms with Gasteiger partial charge in [0.2, 0.25) is 5.91 Å². The van der Waals surface area contributed by atoms with Crippen molar-refractivity contribution in [3.8, 4) is 0 Å². The summed E-state index contributed by atoms with van der Waals surface area (Å²) >= 11 is 5.63. The molecule has 1 aromatic rings. The summed E-state index contributed by atoms with van der Waals surface area (Å²) in [4.78, 5) is 25.5. The number of halogens is 1. The standard InChI is InChI=1S/C15H19ClN2O3/c1-11(16)15(20)17-10-14(19)12-2-4-13(5-3-12)18-6-8-21-9-7-18/h2-5,11H,6-10H2,1H3,(H,17,20). The highest BCUT2D eigenvalue weighted by atomic mass is 35.5. The minimum Gasteiger partial charge on any atom is -0.378 e. The highest BCUT2D eigenvalue weighted by molar-refractivity contribution is 6.30. The normalized spacial score (nSPS) is 16.4. The van der Waals surface area contributed by atoms with Crippen LogP contribution in [0.15, 0.2) is 24.3 Å². The Kier molecular flexibility index (Phi) is 5.59. The number of carbonyl (C=O) groups excluding carboxylic acids is 2. The quantitative estimate of drug-likeness (QED) is 0.660. The Labute approximate surface area is 129 Å². The van der Waals surface area contributed by atoms with E-state index in [0.717, 1.165) is 32.0 Å². The molecule has 1 aliphatic heterocycles. The van der Waals surface area contributed by atoms with Crippen molar-refractivity contribution in [1.29, 1.82) is 0 Å². The van der Waals surface area contributed by atoms with E-state index in [4.69, 9.17) is 16.3 Å². The Morgan fingerprint density at radius 1 is 1.29 bits per heavy atom. The van der Waals surface area contributed by atoms with Gasteiger partial charge in [0.25, 0.3) is 0 Å². The number of hydrogen-bond donors (Lipinski definition) is 1. The SMILES string of the molecule is CC(Cl)C(=O)NCC(=O)c1ccc(N2CCOCC2)cc1. The summed E-state index contributed by atoms with van der Waals surface area (Å²) in [6.45, 7) is 4.70. The molecule has 0 aromatic heterocycles. The molecule has 0 spiro atoms. The van der Waals surface area contributed by atoms with Crippen LogP contribution in [0, 0.1) is 0 Å². The van der Waals surface area contributed by atoms with Crippen LogP contribution in [0.5, 0.6) is 0 Å². The van der Waals surface area contributed by atoms with Crippen molar-refractivity contribution in [3.63, 3.8) is 0 Å². The van der Waals surface area contributed by atoms with Gasteiger partial charge in [0.1, 0.15) is 5.38 Å². The molecule has 1 atom stereocenters. The van der Waals surface area contributed by atoms with Gasteiger partial charge in [-0.3, -0.25) is 9.59 Å². The molecule has 21 heavy (non-hydrogen) atoms. The zero-order valence-corrected chi connectivity index (χ0v) is 12.7. The molecule has 2 rings (SSSR count). The third kappa shape index (κ3) is 4.44. The van der Waals surface area contributed by atoms with Gasteiger partial charge < -0.3 is 15.0 Å². The maximum Gasteiger partial charge on any atom is 0.238 e. The van der Waals surface area contributed by atoms with Gasteiger partial charge in [-0.15, -0.1) is 11.6 Å². The van der Waals surface area contributed by atoms with E-state index in [9.17, 15) is 9.59 Å². The summed E-state index contributed by atoms with van der Waals surface area (Å²) in [7, 11) is 0. The van der Waals surface area contributed by atoms with Crippen molar-refractivity contribution >= 4 is 29.0 Å². The van der Waals surface area contributed by atoms with Crippen molar-refractivity contribution < 1.29 is 14.3 Å². The van der Waals surface area contributed by atoms with Gasteiger partial charge in [-0.25, -0.2) is 0 Å². The predicted octanol–water partition coefficient (Wildman–Crippen LogP) is 1.45. The first-order valence-corrected chi connectivity index (χ1v) is 7.39. The van der Waals surface area contributed by atoms with Crippen LogP contribution in [-0.4, -0.2) is 49.9 Å². The number of nitrogens with zero attached hydrogens (tertiary/aromatic N) is 1. The molecule has 5 nitrogen and oxygen atoms in total. The summed E-state index contributed by atoms with van der Waals surface area (Å²) in [6.07, 6.45) is 0. The molecule has 0 radical (unpaired) electrons. The van der Waals surface area contributed by atoms with Gasteiger partial charge >= 0.3 is 0 Å². The second kappa shape index (κ2) is 7.43. The first-order chi connectivity index (χ1) is 10.1. The molecule has 1 aromatic carbocycles. The molecule has 1 saturated heterocycles. The number of amides is 1. The fraction of sp³-hybridized carbons (Fsp3) is 0.467. The van der Waals surface area contributed by atoms with Gasteiger partial charge in [0, 0.05) is 24.3 Å². The van der Waals surface area contributed by atoms with E-state index in [1.54, 1.807) is 19.1 Å². The number of rotatable bonds is 5. The van der Waals surface area contributed by atoms with E-state index in [2.05, 4.69) is 10.2 Å². The van der Waals surface area contributed by atoms with Crippen LogP contribution in [0.3, 0.4) is 0 Å². The minimum absolute atomic E-state index is 0.0349. The van der Waals surface area contributed by atoms with Crippen LogP contribution in [0.1, 0.15) is 17.3 Å². The lowest BCUT2D eigenvalue weighted by molar-refractivity contribution is -0.120. The lowest BCUT2D eigenvalue weighted by atomic mass is 10.1. The van der Waals surface area contributed by atoms with Crippen LogP contribution in [0.2, 0.25) is 0 Å². The molecule has 1 amide bonds. The average Bonchev–Trinajstić information content (AvgIpc) is 2.53. The van der Waals surface area contributed by atoms with E-state index >= 15 is 0 Å². The van der Waals surface area contributed by atoms with Crippen LogP contribution >= 0.6 is 11.6 Å². The molecular weight excluding hydrogens is 292 g/mol. The van der Waals surface area contributed by atoms with Crippen molar-refractivity contribution in [1.82, 2.24) is 5.32 Å². The van der Waals surface area contributed by atoms with Crippen LogP contribution in [0.4, 0.5) is 5.69 Å². The van der Waals surface area contributed by atoms with Gasteiger partial charge in [-0.2, -0.15) is 0 Å². The second-order valence-electron chi connectivity index (χ2n) is 4.90. The van der Waals surface area contributed by atoms with Gasteiger partial charge in [-0.05, 0) is 31.2 Å². The number of morpholine rings is 1. The summed E-state index contributed by atoms with van der Waals surface area (Å²) in [6, 6.07) is 7.40. The van der Waals surface area contributed by atoms with E-state index in [0.29, 0.717) is 5.56 Å². The lowest BCUT2D eigenvalue weighted by Crippen LogP contribution is -2.36. The molecular formula is C15H19ClN2O3. The summed E-state index contributed by atoms with van der Waals surface area (Å²) in [5.41, 5.74) is 1.66. The Bertz CT molecular complexity index is 496. The third-order valence-electron chi connectivity index (χ3n) is 3.35. The van der Waals surface area contributed by atoms with Crippen LogP contribution < -0.4 is 10.2 Å². The summed E-state index contributed by atoms with van der Waals surface area (Å²) in [5.74, 6) is -0.468. The highest BCUT2D eigenvalue weighted by Crippen LogP contribution is 2.16. The van der Waals surface area contributed by atoms with Crippen LogP contribution in [0.25, 0.3) is 0 Å². The molecule has 0 aliphatic carbocycles. The number of alkyl halides is 1. The zero-order chi connectivity index (χ0) is 15.2. The van der Waals surface area contributed by atoms with E-state index in [1.807, 2.05) is 12.1 Å². The van der Waals surface area contributed by atoms with Crippen molar-refractivity contribution in [3.05, 3.63) is 29.8 Å². The minimum atomic E-state index is -0.638. The van der Waals surface area contributed by atoms with Crippen molar-refractivity contribution in [2.45, 2.75) is 12.3 Å². The van der Waals surface area contributed by atoms with E-state index in [1.165, 1.54) is 0 Å². The fourth-order valence-corrected chi connectivity index (χ4v) is 2.17. The number of ketones is 1. The van der Waals surface area contributed by atoms with Crippen molar-refractivity contribution in [2.24, 2.45) is 0 Å². The first kappa shape index (κ1) is 15.8. The van der Waals surface area contributed by atoms with E-state index in [-0.39, 0.29) is 18.2 Å². The molecule has 1 aliphatic rings. The second-order valence-corrected chi connectivity index (χ2v) is 5.56. The topological polar surface area (TPSA) is 58.6 Å². The number of ether oxygens (including phenoxy) is 1. The van der Waals surface area contributed by atoms with Crippen molar-refractivity contribution in [2.75, 3.05) is 37.7 Å². The Morgan fingerprint density at radius 3 is 2.48 bits per heavy atom. The Balaban J connectivity index is 1.91. The molecule has 1 fully saturated rings. The molecule has 0 saturated carbocycles. The third-order valence-corrected chi connectivity index (χ3v) is 3.55. The van der Waals surface area contributed by atoms with Gasteiger partial charge in [0.05, 0.1) is 19.8 Å². The number of hydrogen-bond acceptors (Lipinski definition) is 4. The first-order valence-electron chi connectivity index (χ1n) is 6.95.